The molecule has 0 aliphatic rings. The van der Waals surface area contributed by atoms with E-state index < -0.39 is 17.4 Å². The Morgan fingerprint density at radius 2 is 1.67 bits per heavy atom. The summed E-state index contributed by atoms with van der Waals surface area (Å²) in [6.07, 6.45) is 0. The van der Waals surface area contributed by atoms with Gasteiger partial charge in [-0.05, 0) is 23.2 Å². The maximum Gasteiger partial charge on any atom is 0.326 e. The molecule has 0 saturated carbocycles. The van der Waals surface area contributed by atoms with Gasteiger partial charge < -0.3 is 9.76 Å². The van der Waals surface area contributed by atoms with Crippen LogP contribution in [0.5, 0.6) is 5.75 Å². The zero-order valence-corrected chi connectivity index (χ0v) is 9.44. The van der Waals surface area contributed by atoms with Crippen LogP contribution in [0.4, 0.5) is 8.78 Å². The van der Waals surface area contributed by atoms with E-state index in [1.165, 1.54) is 0 Å². The number of ether oxygens (including phenoxy) is 1. The molecule has 0 bridgehead atoms. The first kappa shape index (κ1) is 12.6. The van der Waals surface area contributed by atoms with Crippen LogP contribution in [0, 0.1) is 11.6 Å². The molecule has 1 radical (unpaired) electrons. The predicted molar refractivity (Wildman–Crippen MR) is 64.7 cm³/mol. The molecule has 0 aliphatic heterocycles. The smallest absolute Gasteiger partial charge is 0.326 e. The predicted octanol–water partition coefficient (Wildman–Crippen LogP) is 1.78. The Morgan fingerprint density at radius 1 is 1.06 bits per heavy atom. The fraction of sp³-hybridized carbons (Fsp3) is 0.0769. The Bertz CT molecular complexity index is 509. The molecule has 0 aromatic heterocycles. The van der Waals surface area contributed by atoms with E-state index >= 15 is 0 Å². The molecule has 5 heteroatoms. The standard InChI is InChI=1S/C13H10BF2O2/c15-11-6-10(14-17)7-12(16)13(11)18-8-9-4-2-1-3-5-9/h1-7,17H,8H2. The van der Waals surface area contributed by atoms with E-state index in [0.717, 1.165) is 17.7 Å². The summed E-state index contributed by atoms with van der Waals surface area (Å²) in [6, 6.07) is 11.1. The lowest BCUT2D eigenvalue weighted by molar-refractivity contribution is 0.274. The van der Waals surface area contributed by atoms with Crippen molar-refractivity contribution in [1.82, 2.24) is 0 Å². The second kappa shape index (κ2) is 5.64. The molecule has 0 atom stereocenters. The summed E-state index contributed by atoms with van der Waals surface area (Å²) in [5.41, 5.74) is 0.867. The molecule has 0 spiro atoms. The monoisotopic (exact) mass is 247 g/mol. The van der Waals surface area contributed by atoms with E-state index in [-0.39, 0.29) is 12.1 Å². The number of benzene rings is 2. The first-order chi connectivity index (χ1) is 8.70. The van der Waals surface area contributed by atoms with Gasteiger partial charge in [-0.1, -0.05) is 30.3 Å². The molecular weight excluding hydrogens is 237 g/mol. The van der Waals surface area contributed by atoms with E-state index in [1.807, 2.05) is 18.2 Å². The molecular formula is C13H10BF2O2. The maximum atomic E-state index is 13.5. The highest BCUT2D eigenvalue weighted by Crippen LogP contribution is 2.21. The minimum atomic E-state index is -0.841. The van der Waals surface area contributed by atoms with Crippen LogP contribution in [0.25, 0.3) is 0 Å². The average Bonchev–Trinajstić information content (AvgIpc) is 2.38. The molecule has 2 nitrogen and oxygen atoms in total. The number of halogens is 2. The highest BCUT2D eigenvalue weighted by Gasteiger charge is 2.13. The summed E-state index contributed by atoms with van der Waals surface area (Å²) in [4.78, 5) is 0. The molecule has 91 valence electrons. The minimum absolute atomic E-state index is 0.0528. The number of hydrogen-bond acceptors (Lipinski definition) is 2. The molecule has 0 heterocycles. The van der Waals surface area contributed by atoms with Crippen molar-refractivity contribution >= 4 is 12.9 Å². The van der Waals surface area contributed by atoms with Gasteiger partial charge in [-0.3, -0.25) is 0 Å². The van der Waals surface area contributed by atoms with Gasteiger partial charge in [-0.2, -0.15) is 0 Å². The second-order valence-electron chi connectivity index (χ2n) is 3.72. The van der Waals surface area contributed by atoms with E-state index in [0.29, 0.717) is 7.48 Å². The fourth-order valence-electron chi connectivity index (χ4n) is 1.52. The summed E-state index contributed by atoms with van der Waals surface area (Å²) >= 11 is 0. The summed E-state index contributed by atoms with van der Waals surface area (Å²) in [7, 11) is 0.632. The summed E-state index contributed by atoms with van der Waals surface area (Å²) in [5, 5.41) is 8.69. The second-order valence-corrected chi connectivity index (χ2v) is 3.72. The van der Waals surface area contributed by atoms with Crippen molar-refractivity contribution in [3.63, 3.8) is 0 Å². The third-order valence-electron chi connectivity index (χ3n) is 2.40. The van der Waals surface area contributed by atoms with Gasteiger partial charge >= 0.3 is 7.48 Å². The van der Waals surface area contributed by atoms with Crippen molar-refractivity contribution in [3.05, 3.63) is 59.7 Å². The van der Waals surface area contributed by atoms with Crippen LogP contribution in [0.1, 0.15) is 5.56 Å². The fourth-order valence-corrected chi connectivity index (χ4v) is 1.52. The highest BCUT2D eigenvalue weighted by molar-refractivity contribution is 6.45. The van der Waals surface area contributed by atoms with Crippen molar-refractivity contribution < 1.29 is 18.5 Å². The normalized spacial score (nSPS) is 10.2. The molecule has 0 unspecified atom stereocenters. The van der Waals surface area contributed by atoms with E-state index in [4.69, 9.17) is 9.76 Å². The summed E-state index contributed by atoms with van der Waals surface area (Å²) in [6.45, 7) is 0.0802. The Labute approximate surface area is 104 Å². The number of rotatable bonds is 4. The molecule has 0 saturated heterocycles. The summed E-state index contributed by atoms with van der Waals surface area (Å²) < 4.78 is 32.1. The Kier molecular flexibility index (Phi) is 3.94. The van der Waals surface area contributed by atoms with Crippen LogP contribution in [0.2, 0.25) is 0 Å². The zero-order chi connectivity index (χ0) is 13.0. The molecule has 0 amide bonds. The van der Waals surface area contributed by atoms with E-state index in [2.05, 4.69) is 0 Å². The van der Waals surface area contributed by atoms with E-state index in [1.54, 1.807) is 12.1 Å². The third-order valence-corrected chi connectivity index (χ3v) is 2.40. The van der Waals surface area contributed by atoms with Crippen LogP contribution in [-0.4, -0.2) is 12.5 Å². The highest BCUT2D eigenvalue weighted by atomic mass is 19.1. The van der Waals surface area contributed by atoms with Crippen LogP contribution >= 0.6 is 0 Å². The zero-order valence-electron chi connectivity index (χ0n) is 9.44. The van der Waals surface area contributed by atoms with Crippen molar-refractivity contribution in [2.75, 3.05) is 0 Å². The third kappa shape index (κ3) is 2.87. The van der Waals surface area contributed by atoms with Gasteiger partial charge in [0.15, 0.2) is 17.4 Å². The Balaban J connectivity index is 2.15. The van der Waals surface area contributed by atoms with Gasteiger partial charge in [0.2, 0.25) is 0 Å². The van der Waals surface area contributed by atoms with Crippen molar-refractivity contribution in [2.24, 2.45) is 0 Å². The average molecular weight is 247 g/mol. The van der Waals surface area contributed by atoms with Gasteiger partial charge in [0.25, 0.3) is 0 Å². The van der Waals surface area contributed by atoms with Crippen LogP contribution in [-0.2, 0) is 6.61 Å². The summed E-state index contributed by atoms with van der Waals surface area (Å²) in [5.74, 6) is -2.12. The van der Waals surface area contributed by atoms with Crippen LogP contribution in [0.15, 0.2) is 42.5 Å². The first-order valence-corrected chi connectivity index (χ1v) is 5.34. The molecule has 0 aliphatic carbocycles. The molecule has 18 heavy (non-hydrogen) atoms. The van der Waals surface area contributed by atoms with Crippen LogP contribution in [0.3, 0.4) is 0 Å². The first-order valence-electron chi connectivity index (χ1n) is 5.34. The molecule has 2 aromatic rings. The molecule has 2 rings (SSSR count). The lowest BCUT2D eigenvalue weighted by Gasteiger charge is -2.09. The lowest BCUT2D eigenvalue weighted by Crippen LogP contribution is -2.16. The molecule has 0 fully saturated rings. The van der Waals surface area contributed by atoms with Crippen molar-refractivity contribution in [3.8, 4) is 5.75 Å². The van der Waals surface area contributed by atoms with Crippen LogP contribution < -0.4 is 10.2 Å². The quantitative estimate of drug-likeness (QED) is 0.834. The van der Waals surface area contributed by atoms with Gasteiger partial charge in [0.05, 0.1) is 0 Å². The molecule has 1 N–H and O–H groups in total. The molecule has 2 aromatic carbocycles. The topological polar surface area (TPSA) is 29.5 Å². The van der Waals surface area contributed by atoms with Gasteiger partial charge in [-0.25, -0.2) is 8.78 Å². The SMILES string of the molecule is O[B]c1cc(F)c(OCc2ccccc2)c(F)c1. The van der Waals surface area contributed by atoms with Gasteiger partial charge in [-0.15, -0.1) is 0 Å². The van der Waals surface area contributed by atoms with Crippen molar-refractivity contribution in [2.45, 2.75) is 6.61 Å². The minimum Gasteiger partial charge on any atom is -0.483 e. The van der Waals surface area contributed by atoms with Crippen molar-refractivity contribution in [1.29, 1.82) is 0 Å². The lowest BCUT2D eigenvalue weighted by atomic mass is 9.88. The largest absolute Gasteiger partial charge is 0.483 e. The van der Waals surface area contributed by atoms with Gasteiger partial charge in [0.1, 0.15) is 6.61 Å². The van der Waals surface area contributed by atoms with E-state index in [9.17, 15) is 8.78 Å². The Morgan fingerprint density at radius 3 is 2.22 bits per heavy atom. The maximum absolute atomic E-state index is 13.5. The van der Waals surface area contributed by atoms with Gasteiger partial charge in [0, 0.05) is 0 Å². The number of hydrogen-bond donors (Lipinski definition) is 1. The Hall–Kier alpha value is -1.88.